The Kier molecular flexibility index (Phi) is 4.01. The summed E-state index contributed by atoms with van der Waals surface area (Å²) in [5, 5.41) is 18.4. The van der Waals surface area contributed by atoms with Gasteiger partial charge in [0.1, 0.15) is 5.82 Å². The molecule has 0 saturated carbocycles. The van der Waals surface area contributed by atoms with Crippen LogP contribution in [0.3, 0.4) is 0 Å². The fraction of sp³-hybridized carbons (Fsp3) is 0.417. The fourth-order valence-corrected chi connectivity index (χ4v) is 1.48. The highest BCUT2D eigenvalue weighted by Crippen LogP contribution is 2.24. The zero-order chi connectivity index (χ0) is 12.3. The van der Waals surface area contributed by atoms with Crippen LogP contribution in [-0.4, -0.2) is 16.2 Å². The Hall–Kier alpha value is -1.42. The molecule has 2 N–H and O–H groups in total. The standard InChI is InChI=1S/C12H15FO3/c1-7-3-4-10(13)9(5-7)11(14)6-8(2)12(15)16/h3-5,8,11,14H,6H2,1-2H3,(H,15,16). The summed E-state index contributed by atoms with van der Waals surface area (Å²) in [6.45, 7) is 3.27. The highest BCUT2D eigenvalue weighted by atomic mass is 19.1. The first kappa shape index (κ1) is 12.6. The van der Waals surface area contributed by atoms with Gasteiger partial charge in [0.05, 0.1) is 12.0 Å². The molecule has 0 amide bonds. The lowest BCUT2D eigenvalue weighted by atomic mass is 9.97. The molecule has 0 heterocycles. The lowest BCUT2D eigenvalue weighted by molar-refractivity contribution is -0.142. The third-order valence-electron chi connectivity index (χ3n) is 2.51. The summed E-state index contributed by atoms with van der Waals surface area (Å²) in [7, 11) is 0. The van der Waals surface area contributed by atoms with E-state index in [4.69, 9.17) is 5.11 Å². The number of carbonyl (C=O) groups is 1. The zero-order valence-corrected chi connectivity index (χ0v) is 9.27. The van der Waals surface area contributed by atoms with Gasteiger partial charge in [0.25, 0.3) is 0 Å². The summed E-state index contributed by atoms with van der Waals surface area (Å²) < 4.78 is 13.4. The Morgan fingerprint density at radius 1 is 1.50 bits per heavy atom. The second kappa shape index (κ2) is 5.07. The summed E-state index contributed by atoms with van der Waals surface area (Å²) in [4.78, 5) is 10.6. The molecular formula is C12H15FO3. The first-order valence-electron chi connectivity index (χ1n) is 5.08. The monoisotopic (exact) mass is 226 g/mol. The van der Waals surface area contributed by atoms with Crippen molar-refractivity contribution in [3.63, 3.8) is 0 Å². The minimum Gasteiger partial charge on any atom is -0.481 e. The first-order valence-corrected chi connectivity index (χ1v) is 5.08. The topological polar surface area (TPSA) is 57.5 Å². The van der Waals surface area contributed by atoms with Crippen LogP contribution in [-0.2, 0) is 4.79 Å². The number of hydrogen-bond acceptors (Lipinski definition) is 2. The van der Waals surface area contributed by atoms with E-state index in [1.807, 2.05) is 0 Å². The van der Waals surface area contributed by atoms with Crippen LogP contribution in [0, 0.1) is 18.7 Å². The average molecular weight is 226 g/mol. The second-order valence-corrected chi connectivity index (χ2v) is 4.02. The van der Waals surface area contributed by atoms with Crippen LogP contribution in [0.5, 0.6) is 0 Å². The first-order chi connectivity index (χ1) is 7.41. The Bertz CT molecular complexity index is 390. The van der Waals surface area contributed by atoms with Crippen molar-refractivity contribution in [3.05, 3.63) is 35.1 Å². The molecule has 0 bridgehead atoms. The highest BCUT2D eigenvalue weighted by molar-refractivity contribution is 5.69. The summed E-state index contributed by atoms with van der Waals surface area (Å²) in [5.41, 5.74) is 0.992. The van der Waals surface area contributed by atoms with E-state index in [2.05, 4.69) is 0 Å². The fourth-order valence-electron chi connectivity index (χ4n) is 1.48. The molecule has 0 saturated heterocycles. The maximum Gasteiger partial charge on any atom is 0.306 e. The lowest BCUT2D eigenvalue weighted by Crippen LogP contribution is -2.14. The van der Waals surface area contributed by atoms with Gasteiger partial charge >= 0.3 is 5.97 Å². The summed E-state index contributed by atoms with van der Waals surface area (Å²) in [5.74, 6) is -2.20. The summed E-state index contributed by atoms with van der Waals surface area (Å²) >= 11 is 0. The van der Waals surface area contributed by atoms with E-state index in [1.54, 1.807) is 13.0 Å². The van der Waals surface area contributed by atoms with Gasteiger partial charge < -0.3 is 10.2 Å². The van der Waals surface area contributed by atoms with Crippen molar-refractivity contribution < 1.29 is 19.4 Å². The van der Waals surface area contributed by atoms with E-state index in [0.717, 1.165) is 5.56 Å². The van der Waals surface area contributed by atoms with E-state index in [-0.39, 0.29) is 12.0 Å². The minimum atomic E-state index is -1.08. The zero-order valence-electron chi connectivity index (χ0n) is 9.27. The average Bonchev–Trinajstić information content (AvgIpc) is 2.21. The smallest absolute Gasteiger partial charge is 0.306 e. The van der Waals surface area contributed by atoms with Crippen molar-refractivity contribution in [2.75, 3.05) is 0 Å². The molecule has 0 aromatic heterocycles. The quantitative estimate of drug-likeness (QED) is 0.828. The molecule has 3 nitrogen and oxygen atoms in total. The van der Waals surface area contributed by atoms with Crippen molar-refractivity contribution in [1.82, 2.24) is 0 Å². The molecule has 0 spiro atoms. The Morgan fingerprint density at radius 3 is 2.69 bits per heavy atom. The third kappa shape index (κ3) is 3.03. The number of aryl methyl sites for hydroxylation is 1. The predicted octanol–water partition coefficient (Wildman–Crippen LogP) is 2.28. The molecule has 0 aliphatic carbocycles. The Balaban J connectivity index is 2.83. The normalized spacial score (nSPS) is 14.5. The maximum absolute atomic E-state index is 13.4. The van der Waals surface area contributed by atoms with Gasteiger partial charge in [-0.15, -0.1) is 0 Å². The van der Waals surface area contributed by atoms with Gasteiger partial charge in [-0.05, 0) is 19.4 Å². The molecule has 0 fully saturated rings. The highest BCUT2D eigenvalue weighted by Gasteiger charge is 2.20. The van der Waals surface area contributed by atoms with Crippen LogP contribution < -0.4 is 0 Å². The molecule has 1 aromatic rings. The number of halogens is 1. The van der Waals surface area contributed by atoms with E-state index in [1.165, 1.54) is 19.1 Å². The van der Waals surface area contributed by atoms with Crippen LogP contribution in [0.25, 0.3) is 0 Å². The number of aliphatic hydroxyl groups is 1. The summed E-state index contributed by atoms with van der Waals surface area (Å²) in [6.07, 6.45) is -1.07. The number of hydrogen-bond donors (Lipinski definition) is 2. The van der Waals surface area contributed by atoms with E-state index >= 15 is 0 Å². The van der Waals surface area contributed by atoms with Gasteiger partial charge in [-0.2, -0.15) is 0 Å². The Labute approximate surface area is 93.5 Å². The largest absolute Gasteiger partial charge is 0.481 e. The predicted molar refractivity (Wildman–Crippen MR) is 57.5 cm³/mol. The molecule has 1 aromatic carbocycles. The lowest BCUT2D eigenvalue weighted by Gasteiger charge is -2.14. The van der Waals surface area contributed by atoms with Crippen molar-refractivity contribution in [1.29, 1.82) is 0 Å². The van der Waals surface area contributed by atoms with Crippen molar-refractivity contribution in [2.24, 2.45) is 5.92 Å². The number of carboxylic acid groups (broad SMARTS) is 1. The van der Waals surface area contributed by atoms with E-state index in [0.29, 0.717) is 0 Å². The van der Waals surface area contributed by atoms with Gasteiger partial charge in [-0.1, -0.05) is 24.6 Å². The Morgan fingerprint density at radius 2 is 2.12 bits per heavy atom. The molecule has 2 atom stereocenters. The molecule has 4 heteroatoms. The van der Waals surface area contributed by atoms with Crippen LogP contribution in [0.2, 0.25) is 0 Å². The van der Waals surface area contributed by atoms with Crippen LogP contribution >= 0.6 is 0 Å². The van der Waals surface area contributed by atoms with Crippen LogP contribution in [0.1, 0.15) is 30.6 Å². The van der Waals surface area contributed by atoms with E-state index in [9.17, 15) is 14.3 Å². The molecule has 0 aliphatic rings. The number of aliphatic hydroxyl groups excluding tert-OH is 1. The number of aliphatic carboxylic acids is 1. The molecule has 88 valence electrons. The molecule has 16 heavy (non-hydrogen) atoms. The minimum absolute atomic E-state index is 0.00963. The van der Waals surface area contributed by atoms with Crippen molar-refractivity contribution >= 4 is 5.97 Å². The van der Waals surface area contributed by atoms with Crippen molar-refractivity contribution in [2.45, 2.75) is 26.4 Å². The van der Waals surface area contributed by atoms with Gasteiger partial charge in [0, 0.05) is 5.56 Å². The molecular weight excluding hydrogens is 211 g/mol. The van der Waals surface area contributed by atoms with E-state index < -0.39 is 23.8 Å². The SMILES string of the molecule is Cc1ccc(F)c(C(O)CC(C)C(=O)O)c1. The van der Waals surface area contributed by atoms with Gasteiger partial charge in [-0.3, -0.25) is 4.79 Å². The molecule has 0 aliphatic heterocycles. The van der Waals surface area contributed by atoms with Crippen LogP contribution in [0.4, 0.5) is 4.39 Å². The number of carboxylic acids is 1. The molecule has 0 radical (unpaired) electrons. The summed E-state index contributed by atoms with van der Waals surface area (Å²) in [6, 6.07) is 4.42. The number of benzene rings is 1. The molecule has 1 rings (SSSR count). The van der Waals surface area contributed by atoms with Crippen LogP contribution in [0.15, 0.2) is 18.2 Å². The van der Waals surface area contributed by atoms with Crippen molar-refractivity contribution in [3.8, 4) is 0 Å². The second-order valence-electron chi connectivity index (χ2n) is 4.02. The van der Waals surface area contributed by atoms with Gasteiger partial charge in [0.2, 0.25) is 0 Å². The van der Waals surface area contributed by atoms with Gasteiger partial charge in [-0.25, -0.2) is 4.39 Å². The number of rotatable bonds is 4. The maximum atomic E-state index is 13.4. The van der Waals surface area contributed by atoms with Gasteiger partial charge in [0.15, 0.2) is 0 Å². The molecule has 2 unspecified atom stereocenters. The third-order valence-corrected chi connectivity index (χ3v) is 2.51.